The summed E-state index contributed by atoms with van der Waals surface area (Å²) in [6.07, 6.45) is 0. The lowest BCUT2D eigenvalue weighted by molar-refractivity contribution is 0.211. The van der Waals surface area contributed by atoms with E-state index < -0.39 is 0 Å². The maximum atomic E-state index is 5.94. The van der Waals surface area contributed by atoms with E-state index in [0.717, 1.165) is 31.9 Å². The fraction of sp³-hybridized carbons (Fsp3) is 0.750. The van der Waals surface area contributed by atoms with Crippen LogP contribution in [0.1, 0.15) is 26.5 Å². The van der Waals surface area contributed by atoms with Gasteiger partial charge in [-0.2, -0.15) is 5.10 Å². The molecule has 1 aromatic heterocycles. The Bertz CT molecular complexity index is 345. The minimum atomic E-state index is 0.650. The Hall–Kier alpha value is -1.23. The summed E-state index contributed by atoms with van der Waals surface area (Å²) < 4.78 is 7.56. The average molecular weight is 240 g/mol. The van der Waals surface area contributed by atoms with Crippen molar-refractivity contribution in [3.8, 4) is 5.88 Å². The van der Waals surface area contributed by atoms with Gasteiger partial charge in [-0.15, -0.1) is 0 Å². The Balaban J connectivity index is 2.56. The zero-order valence-electron chi connectivity index (χ0n) is 11.4. The summed E-state index contributed by atoms with van der Waals surface area (Å²) in [6.45, 7) is 12.7. The van der Waals surface area contributed by atoms with Crippen LogP contribution < -0.4 is 10.5 Å². The van der Waals surface area contributed by atoms with Crippen molar-refractivity contribution in [2.75, 3.05) is 32.0 Å². The van der Waals surface area contributed by atoms with Gasteiger partial charge < -0.3 is 15.4 Å². The number of anilines is 1. The van der Waals surface area contributed by atoms with Gasteiger partial charge in [0.1, 0.15) is 12.3 Å². The van der Waals surface area contributed by atoms with Gasteiger partial charge in [-0.3, -0.25) is 0 Å². The fourth-order valence-electron chi connectivity index (χ4n) is 1.75. The summed E-state index contributed by atoms with van der Waals surface area (Å²) in [5, 5.41) is 4.32. The third-order valence-corrected chi connectivity index (χ3v) is 2.97. The smallest absolute Gasteiger partial charge is 0.236 e. The third-order valence-electron chi connectivity index (χ3n) is 2.97. The quantitative estimate of drug-likeness (QED) is 0.785. The highest BCUT2D eigenvalue weighted by molar-refractivity contribution is 5.52. The third kappa shape index (κ3) is 3.36. The van der Waals surface area contributed by atoms with E-state index in [2.05, 4.69) is 23.8 Å². The van der Waals surface area contributed by atoms with E-state index in [0.29, 0.717) is 18.2 Å². The largest absolute Gasteiger partial charge is 0.475 e. The summed E-state index contributed by atoms with van der Waals surface area (Å²) in [4.78, 5) is 2.32. The molecule has 0 bridgehead atoms. The Labute approximate surface area is 104 Å². The molecular formula is C12H24N4O. The van der Waals surface area contributed by atoms with Crippen molar-refractivity contribution in [1.82, 2.24) is 14.7 Å². The van der Waals surface area contributed by atoms with Gasteiger partial charge in [0.2, 0.25) is 5.88 Å². The highest BCUT2D eigenvalue weighted by Crippen LogP contribution is 2.24. The zero-order valence-corrected chi connectivity index (χ0v) is 11.4. The summed E-state index contributed by atoms with van der Waals surface area (Å²) in [7, 11) is 0. The highest BCUT2D eigenvalue weighted by atomic mass is 16.5. The molecule has 0 aliphatic carbocycles. The van der Waals surface area contributed by atoms with Crippen LogP contribution in [0.5, 0.6) is 5.88 Å². The maximum Gasteiger partial charge on any atom is 0.236 e. The molecule has 0 saturated carbocycles. The lowest BCUT2D eigenvalue weighted by Crippen LogP contribution is -2.28. The predicted molar refractivity (Wildman–Crippen MR) is 70.3 cm³/mol. The van der Waals surface area contributed by atoms with Gasteiger partial charge >= 0.3 is 0 Å². The standard InChI is InChI=1S/C12H24N4O/c1-5-15(6-2)8-9-17-12-11(13)10(4)14-16(12)7-3/h5-9,13H2,1-4H3. The van der Waals surface area contributed by atoms with Crippen LogP contribution in [0, 0.1) is 6.92 Å². The van der Waals surface area contributed by atoms with Gasteiger partial charge in [0.05, 0.1) is 5.69 Å². The molecule has 2 N–H and O–H groups in total. The van der Waals surface area contributed by atoms with Gasteiger partial charge in [-0.05, 0) is 26.9 Å². The van der Waals surface area contributed by atoms with Crippen molar-refractivity contribution in [3.05, 3.63) is 5.69 Å². The van der Waals surface area contributed by atoms with Gasteiger partial charge in [0, 0.05) is 13.1 Å². The lowest BCUT2D eigenvalue weighted by Gasteiger charge is -2.18. The van der Waals surface area contributed by atoms with Gasteiger partial charge in [0.25, 0.3) is 0 Å². The number of aromatic nitrogens is 2. The molecule has 17 heavy (non-hydrogen) atoms. The Morgan fingerprint density at radius 1 is 1.29 bits per heavy atom. The molecule has 0 fully saturated rings. The number of likely N-dealkylation sites (N-methyl/N-ethyl adjacent to an activating group) is 1. The van der Waals surface area contributed by atoms with Crippen molar-refractivity contribution < 1.29 is 4.74 Å². The van der Waals surface area contributed by atoms with Crippen LogP contribution in [0.2, 0.25) is 0 Å². The lowest BCUT2D eigenvalue weighted by atomic mass is 10.4. The van der Waals surface area contributed by atoms with Crippen LogP contribution in [0.15, 0.2) is 0 Å². The summed E-state index contributed by atoms with van der Waals surface area (Å²) in [5.41, 5.74) is 7.44. The Morgan fingerprint density at radius 3 is 2.47 bits per heavy atom. The van der Waals surface area contributed by atoms with Crippen molar-refractivity contribution in [2.24, 2.45) is 0 Å². The van der Waals surface area contributed by atoms with Crippen LogP contribution in [-0.4, -0.2) is 40.9 Å². The maximum absolute atomic E-state index is 5.94. The number of nitrogen functional groups attached to an aromatic ring is 1. The highest BCUT2D eigenvalue weighted by Gasteiger charge is 2.12. The van der Waals surface area contributed by atoms with E-state index in [4.69, 9.17) is 10.5 Å². The molecule has 0 aliphatic rings. The second kappa shape index (κ2) is 6.49. The normalized spacial score (nSPS) is 11.1. The molecule has 5 heteroatoms. The SMILES string of the molecule is CCN(CC)CCOc1c(N)c(C)nn1CC. The minimum Gasteiger partial charge on any atom is -0.475 e. The summed E-state index contributed by atoms with van der Waals surface area (Å²) in [5.74, 6) is 0.706. The number of nitrogens with zero attached hydrogens (tertiary/aromatic N) is 3. The molecule has 0 radical (unpaired) electrons. The number of ether oxygens (including phenoxy) is 1. The van der Waals surface area contributed by atoms with Crippen molar-refractivity contribution in [2.45, 2.75) is 34.2 Å². The molecule has 0 spiro atoms. The fourth-order valence-corrected chi connectivity index (χ4v) is 1.75. The molecule has 0 aliphatic heterocycles. The first-order valence-corrected chi connectivity index (χ1v) is 6.31. The first kappa shape index (κ1) is 13.8. The molecule has 1 aromatic rings. The minimum absolute atomic E-state index is 0.650. The van der Waals surface area contributed by atoms with Crippen LogP contribution in [0.4, 0.5) is 5.69 Å². The molecule has 1 heterocycles. The van der Waals surface area contributed by atoms with E-state index in [-0.39, 0.29) is 0 Å². The molecular weight excluding hydrogens is 216 g/mol. The van der Waals surface area contributed by atoms with Gasteiger partial charge in [-0.25, -0.2) is 4.68 Å². The first-order valence-electron chi connectivity index (χ1n) is 6.31. The van der Waals surface area contributed by atoms with E-state index in [1.54, 1.807) is 0 Å². The Kier molecular flexibility index (Phi) is 5.28. The molecule has 0 unspecified atom stereocenters. The van der Waals surface area contributed by atoms with Crippen LogP contribution in [0.3, 0.4) is 0 Å². The molecule has 0 aromatic carbocycles. The number of hydrogen-bond acceptors (Lipinski definition) is 4. The predicted octanol–water partition coefficient (Wildman–Crippen LogP) is 1.51. The number of nitrogens with two attached hydrogens (primary N) is 1. The van der Waals surface area contributed by atoms with Gasteiger partial charge in [-0.1, -0.05) is 13.8 Å². The topological polar surface area (TPSA) is 56.3 Å². The molecule has 0 atom stereocenters. The van der Waals surface area contributed by atoms with Crippen molar-refractivity contribution in [3.63, 3.8) is 0 Å². The number of hydrogen-bond donors (Lipinski definition) is 1. The number of rotatable bonds is 7. The molecule has 98 valence electrons. The van der Waals surface area contributed by atoms with Crippen LogP contribution >= 0.6 is 0 Å². The van der Waals surface area contributed by atoms with Crippen molar-refractivity contribution in [1.29, 1.82) is 0 Å². The van der Waals surface area contributed by atoms with E-state index in [1.807, 2.05) is 18.5 Å². The van der Waals surface area contributed by atoms with Crippen LogP contribution in [-0.2, 0) is 6.54 Å². The molecule has 1 rings (SSSR count). The van der Waals surface area contributed by atoms with Crippen molar-refractivity contribution >= 4 is 5.69 Å². The second-order valence-corrected chi connectivity index (χ2v) is 4.00. The first-order chi connectivity index (χ1) is 8.13. The Morgan fingerprint density at radius 2 is 1.94 bits per heavy atom. The summed E-state index contributed by atoms with van der Waals surface area (Å²) in [6, 6.07) is 0. The monoisotopic (exact) mass is 240 g/mol. The molecule has 0 amide bonds. The van der Waals surface area contributed by atoms with E-state index >= 15 is 0 Å². The van der Waals surface area contributed by atoms with Crippen LogP contribution in [0.25, 0.3) is 0 Å². The molecule has 5 nitrogen and oxygen atoms in total. The number of aryl methyl sites for hydroxylation is 2. The molecule has 0 saturated heterocycles. The van der Waals surface area contributed by atoms with Gasteiger partial charge in [0.15, 0.2) is 0 Å². The zero-order chi connectivity index (χ0) is 12.8. The summed E-state index contributed by atoms with van der Waals surface area (Å²) >= 11 is 0. The van der Waals surface area contributed by atoms with E-state index in [1.165, 1.54) is 0 Å². The average Bonchev–Trinajstić information content (AvgIpc) is 2.62. The van der Waals surface area contributed by atoms with E-state index in [9.17, 15) is 0 Å². The second-order valence-electron chi connectivity index (χ2n) is 4.00.